The van der Waals surface area contributed by atoms with Gasteiger partial charge < -0.3 is 15.1 Å². The first kappa shape index (κ1) is 22.4. The lowest BCUT2D eigenvalue weighted by Crippen LogP contribution is -2.52. The number of hydrogen-bond donors (Lipinski definition) is 1. The second-order valence-corrected chi connectivity index (χ2v) is 7.71. The Morgan fingerprint density at radius 3 is 2.52 bits per heavy atom. The number of hydrogen-bond acceptors (Lipinski definition) is 3. The van der Waals surface area contributed by atoms with Crippen molar-refractivity contribution in [2.45, 2.75) is 26.3 Å². The van der Waals surface area contributed by atoms with Crippen LogP contribution in [-0.4, -0.2) is 80.1 Å². The third-order valence-electron chi connectivity index (χ3n) is 5.48. The summed E-state index contributed by atoms with van der Waals surface area (Å²) in [5, 5.41) is 3.51. The van der Waals surface area contributed by atoms with Crippen LogP contribution in [0.1, 0.15) is 25.3 Å². The number of piperazine rings is 1. The Morgan fingerprint density at radius 1 is 1.11 bits per heavy atom. The minimum Gasteiger partial charge on any atom is -0.357 e. The van der Waals surface area contributed by atoms with Crippen molar-refractivity contribution >= 4 is 29.9 Å². The molecule has 1 atom stereocenters. The van der Waals surface area contributed by atoms with Gasteiger partial charge in [-0.1, -0.05) is 30.3 Å². The maximum Gasteiger partial charge on any atom is 0.194 e. The van der Waals surface area contributed by atoms with Gasteiger partial charge in [0.1, 0.15) is 0 Å². The summed E-state index contributed by atoms with van der Waals surface area (Å²) < 4.78 is 0. The van der Waals surface area contributed by atoms with Gasteiger partial charge in [-0.2, -0.15) is 0 Å². The van der Waals surface area contributed by atoms with E-state index < -0.39 is 0 Å². The summed E-state index contributed by atoms with van der Waals surface area (Å²) in [6.07, 6.45) is 2.63. The third kappa shape index (κ3) is 7.23. The Kier molecular flexibility index (Phi) is 9.86. The topological polar surface area (TPSA) is 34.1 Å². The van der Waals surface area contributed by atoms with Gasteiger partial charge in [-0.05, 0) is 44.8 Å². The molecule has 27 heavy (non-hydrogen) atoms. The zero-order valence-corrected chi connectivity index (χ0v) is 19.3. The molecular weight excluding hydrogens is 449 g/mol. The molecule has 1 unspecified atom stereocenters. The van der Waals surface area contributed by atoms with Crippen molar-refractivity contribution in [2.75, 3.05) is 59.4 Å². The number of guanidine groups is 1. The third-order valence-corrected chi connectivity index (χ3v) is 5.48. The van der Waals surface area contributed by atoms with Gasteiger partial charge in [0.15, 0.2) is 5.96 Å². The quantitative estimate of drug-likeness (QED) is 0.395. The number of likely N-dealkylation sites (tertiary alicyclic amines) is 1. The van der Waals surface area contributed by atoms with Crippen molar-refractivity contribution in [3.8, 4) is 0 Å². The average Bonchev–Trinajstić information content (AvgIpc) is 2.67. The number of aliphatic imine (C=N–C) groups is 1. The van der Waals surface area contributed by atoms with Crippen LogP contribution >= 0.6 is 24.0 Å². The predicted octanol–water partition coefficient (Wildman–Crippen LogP) is 2.73. The van der Waals surface area contributed by atoms with Crippen LogP contribution in [0.25, 0.3) is 0 Å². The zero-order chi connectivity index (χ0) is 18.2. The lowest BCUT2D eigenvalue weighted by Gasteiger charge is -2.37. The van der Waals surface area contributed by atoms with E-state index in [2.05, 4.69) is 64.3 Å². The first-order chi connectivity index (χ1) is 12.7. The zero-order valence-electron chi connectivity index (χ0n) is 16.9. The number of benzene rings is 1. The smallest absolute Gasteiger partial charge is 0.194 e. The van der Waals surface area contributed by atoms with E-state index in [9.17, 15) is 0 Å². The van der Waals surface area contributed by atoms with Crippen LogP contribution in [0.4, 0.5) is 0 Å². The molecule has 0 aliphatic carbocycles. The minimum atomic E-state index is 0. The van der Waals surface area contributed by atoms with Gasteiger partial charge in [0.05, 0.1) is 0 Å². The van der Waals surface area contributed by atoms with E-state index >= 15 is 0 Å². The molecule has 2 aliphatic heterocycles. The second kappa shape index (κ2) is 11.9. The predicted molar refractivity (Wildman–Crippen MR) is 125 cm³/mol. The lowest BCUT2D eigenvalue weighted by atomic mass is 9.99. The number of rotatable bonds is 5. The van der Waals surface area contributed by atoms with Gasteiger partial charge in [0.25, 0.3) is 0 Å². The van der Waals surface area contributed by atoms with Gasteiger partial charge >= 0.3 is 0 Å². The van der Waals surface area contributed by atoms with Crippen molar-refractivity contribution in [1.82, 2.24) is 20.0 Å². The summed E-state index contributed by atoms with van der Waals surface area (Å²) in [7, 11) is 2.23. The molecule has 0 aromatic heterocycles. The van der Waals surface area contributed by atoms with Crippen molar-refractivity contribution < 1.29 is 0 Å². The average molecular weight is 485 g/mol. The highest BCUT2D eigenvalue weighted by molar-refractivity contribution is 14.0. The van der Waals surface area contributed by atoms with E-state index in [4.69, 9.17) is 4.99 Å². The Morgan fingerprint density at radius 2 is 1.85 bits per heavy atom. The van der Waals surface area contributed by atoms with E-state index in [-0.39, 0.29) is 24.0 Å². The molecule has 2 fully saturated rings. The molecule has 2 heterocycles. The fourth-order valence-corrected chi connectivity index (χ4v) is 4.02. The molecule has 5 nitrogen and oxygen atoms in total. The maximum absolute atomic E-state index is 4.99. The van der Waals surface area contributed by atoms with Crippen molar-refractivity contribution in [3.63, 3.8) is 0 Å². The molecule has 1 aromatic rings. The van der Waals surface area contributed by atoms with Gasteiger partial charge in [0.2, 0.25) is 0 Å². The van der Waals surface area contributed by atoms with Crippen LogP contribution in [0.15, 0.2) is 35.3 Å². The summed E-state index contributed by atoms with van der Waals surface area (Å²) >= 11 is 0. The molecule has 0 amide bonds. The Labute approximate surface area is 182 Å². The fourth-order valence-electron chi connectivity index (χ4n) is 4.02. The molecular formula is C21H36IN5. The highest BCUT2D eigenvalue weighted by Gasteiger charge is 2.21. The van der Waals surface area contributed by atoms with Crippen LogP contribution in [0.3, 0.4) is 0 Å². The molecule has 0 saturated carbocycles. The molecule has 1 aromatic carbocycles. The van der Waals surface area contributed by atoms with Crippen LogP contribution in [0.2, 0.25) is 0 Å². The fraction of sp³-hybridized carbons (Fsp3) is 0.667. The van der Waals surface area contributed by atoms with Crippen LogP contribution < -0.4 is 5.32 Å². The van der Waals surface area contributed by atoms with Crippen molar-refractivity contribution in [3.05, 3.63) is 35.9 Å². The van der Waals surface area contributed by atoms with Crippen LogP contribution in [0.5, 0.6) is 0 Å². The van der Waals surface area contributed by atoms with E-state index in [0.29, 0.717) is 5.92 Å². The van der Waals surface area contributed by atoms with Gasteiger partial charge in [0, 0.05) is 52.4 Å². The number of nitrogens with zero attached hydrogens (tertiary/aromatic N) is 4. The van der Waals surface area contributed by atoms with Gasteiger partial charge in [-0.3, -0.25) is 9.89 Å². The normalized spacial score (nSPS) is 22.4. The Bertz CT molecular complexity index is 557. The highest BCUT2D eigenvalue weighted by Crippen LogP contribution is 2.15. The van der Waals surface area contributed by atoms with Gasteiger partial charge in [-0.25, -0.2) is 0 Å². The maximum atomic E-state index is 4.99. The Hall–Kier alpha value is -0.860. The molecule has 6 heteroatoms. The largest absolute Gasteiger partial charge is 0.357 e. The molecule has 152 valence electrons. The Balaban J connectivity index is 0.00000261. The van der Waals surface area contributed by atoms with Crippen molar-refractivity contribution in [2.24, 2.45) is 10.9 Å². The van der Waals surface area contributed by atoms with E-state index in [1.165, 1.54) is 31.5 Å². The number of nitrogens with one attached hydrogen (secondary N) is 1. The first-order valence-corrected chi connectivity index (χ1v) is 10.2. The summed E-state index contributed by atoms with van der Waals surface area (Å²) in [5.41, 5.74) is 1.41. The highest BCUT2D eigenvalue weighted by atomic mass is 127. The summed E-state index contributed by atoms with van der Waals surface area (Å²) in [6.45, 7) is 11.9. The number of piperidine rings is 1. The molecule has 0 spiro atoms. The van der Waals surface area contributed by atoms with Gasteiger partial charge in [-0.15, -0.1) is 24.0 Å². The van der Waals surface area contributed by atoms with E-state index in [1.54, 1.807) is 0 Å². The van der Waals surface area contributed by atoms with Crippen LogP contribution in [0, 0.1) is 5.92 Å². The minimum absolute atomic E-state index is 0. The van der Waals surface area contributed by atoms with Crippen LogP contribution in [-0.2, 0) is 6.54 Å². The van der Waals surface area contributed by atoms with Crippen molar-refractivity contribution in [1.29, 1.82) is 0 Å². The molecule has 0 radical (unpaired) electrons. The molecule has 1 N–H and O–H groups in total. The molecule has 2 aliphatic rings. The molecule has 3 rings (SSSR count). The number of halogens is 1. The monoisotopic (exact) mass is 485 g/mol. The summed E-state index contributed by atoms with van der Waals surface area (Å²) in [6, 6.07) is 10.8. The molecule has 0 bridgehead atoms. The standard InChI is InChI=1S/C21H35N5.HI/c1-3-22-21(23-16-20-10-7-11-24(2)17-20)26-14-12-25(13-15-26)18-19-8-5-4-6-9-19;/h4-6,8-9,20H,3,7,10-18H2,1-2H3,(H,22,23);1H. The molecule has 2 saturated heterocycles. The lowest BCUT2D eigenvalue weighted by molar-refractivity contribution is 0.171. The SMILES string of the molecule is CCNC(=NCC1CCCN(C)C1)N1CCN(Cc2ccccc2)CC1.I. The van der Waals surface area contributed by atoms with E-state index in [1.807, 2.05) is 0 Å². The summed E-state index contributed by atoms with van der Waals surface area (Å²) in [4.78, 5) is 12.4. The second-order valence-electron chi connectivity index (χ2n) is 7.71. The van der Waals surface area contributed by atoms with E-state index in [0.717, 1.165) is 51.8 Å². The first-order valence-electron chi connectivity index (χ1n) is 10.2. The summed E-state index contributed by atoms with van der Waals surface area (Å²) in [5.74, 6) is 1.82.